The summed E-state index contributed by atoms with van der Waals surface area (Å²) in [6, 6.07) is 7.47. The summed E-state index contributed by atoms with van der Waals surface area (Å²) in [5.41, 5.74) is 2.44. The maximum absolute atomic E-state index is 13.4. The molecule has 0 bridgehead atoms. The van der Waals surface area contributed by atoms with Crippen LogP contribution in [0.25, 0.3) is 21.9 Å². The zero-order chi connectivity index (χ0) is 29.5. The lowest BCUT2D eigenvalue weighted by atomic mass is 9.98. The van der Waals surface area contributed by atoms with E-state index in [1.165, 1.54) is 0 Å². The Morgan fingerprint density at radius 3 is 2.40 bits per heavy atom. The number of aromatic nitrogens is 2. The van der Waals surface area contributed by atoms with Crippen molar-refractivity contribution in [1.82, 2.24) is 9.97 Å². The monoisotopic (exact) mass is 566 g/mol. The maximum atomic E-state index is 13.4. The number of fused-ring (bicyclic) bond motifs is 1. The molecule has 0 aliphatic heterocycles. The van der Waals surface area contributed by atoms with Crippen LogP contribution < -0.4 is 10.6 Å². The summed E-state index contributed by atoms with van der Waals surface area (Å²) in [6.07, 6.45) is 3.62. The van der Waals surface area contributed by atoms with Crippen molar-refractivity contribution in [2.75, 3.05) is 10.6 Å². The molecule has 0 saturated heterocycles. The summed E-state index contributed by atoms with van der Waals surface area (Å²) < 4.78 is 25.4. The minimum atomic E-state index is -2.01. The number of rotatable bonds is 7. The molecule has 1 aliphatic carbocycles. The van der Waals surface area contributed by atoms with E-state index in [4.69, 9.17) is 9.16 Å². The first-order valence-electron chi connectivity index (χ1n) is 13.5. The SMILES string of the molecule is CC(C)(C)OC(=O)Nc1cc(-c2cnccc2CO[Si](C)(C)C(C)(C)C)cc2cc(NC(=O)C3CC3F)ncc12. The van der Waals surface area contributed by atoms with Gasteiger partial charge in [-0.1, -0.05) is 20.8 Å². The van der Waals surface area contributed by atoms with Crippen LogP contribution in [0.2, 0.25) is 18.1 Å². The van der Waals surface area contributed by atoms with E-state index in [1.54, 1.807) is 45.4 Å². The molecule has 0 radical (unpaired) electrons. The summed E-state index contributed by atoms with van der Waals surface area (Å²) in [4.78, 5) is 33.8. The fourth-order valence-electron chi connectivity index (χ4n) is 3.94. The molecular formula is C30H39FN4O4Si. The zero-order valence-electron chi connectivity index (χ0n) is 24.5. The second-order valence-corrected chi connectivity index (χ2v) is 17.7. The van der Waals surface area contributed by atoms with Gasteiger partial charge in [0.05, 0.1) is 18.2 Å². The fourth-order valence-corrected chi connectivity index (χ4v) is 4.89. The summed E-state index contributed by atoms with van der Waals surface area (Å²) in [7, 11) is -2.01. The number of halogens is 1. The molecule has 1 fully saturated rings. The van der Waals surface area contributed by atoms with Crippen molar-refractivity contribution in [2.45, 2.75) is 84.5 Å². The molecule has 4 rings (SSSR count). The summed E-state index contributed by atoms with van der Waals surface area (Å²) in [6.45, 7) is 16.8. The first kappa shape index (κ1) is 29.6. The second kappa shape index (κ2) is 10.9. The van der Waals surface area contributed by atoms with Crippen molar-refractivity contribution < 1.29 is 23.1 Å². The van der Waals surface area contributed by atoms with Gasteiger partial charge in [-0.05, 0) is 86.1 Å². The van der Waals surface area contributed by atoms with Gasteiger partial charge in [0.15, 0.2) is 8.32 Å². The van der Waals surface area contributed by atoms with Gasteiger partial charge in [0.2, 0.25) is 5.91 Å². The third-order valence-electron chi connectivity index (χ3n) is 7.39. The Labute approximate surface area is 236 Å². The van der Waals surface area contributed by atoms with Crippen LogP contribution in [0.15, 0.2) is 42.9 Å². The molecular weight excluding hydrogens is 527 g/mol. The first-order chi connectivity index (χ1) is 18.5. The van der Waals surface area contributed by atoms with Crippen molar-refractivity contribution in [2.24, 2.45) is 5.92 Å². The van der Waals surface area contributed by atoms with E-state index in [2.05, 4.69) is 54.5 Å². The number of nitrogens with one attached hydrogen (secondary N) is 2. The molecule has 214 valence electrons. The number of ether oxygens (including phenoxy) is 1. The van der Waals surface area contributed by atoms with Gasteiger partial charge in [-0.2, -0.15) is 0 Å². The number of hydrogen-bond acceptors (Lipinski definition) is 6. The second-order valence-electron chi connectivity index (χ2n) is 12.9. The van der Waals surface area contributed by atoms with Crippen molar-refractivity contribution in [1.29, 1.82) is 0 Å². The molecule has 2 aromatic heterocycles. The lowest BCUT2D eigenvalue weighted by Crippen LogP contribution is -2.40. The molecule has 40 heavy (non-hydrogen) atoms. The average molecular weight is 567 g/mol. The van der Waals surface area contributed by atoms with Gasteiger partial charge in [0.25, 0.3) is 0 Å². The van der Waals surface area contributed by atoms with Crippen molar-refractivity contribution in [3.63, 3.8) is 0 Å². The summed E-state index contributed by atoms with van der Waals surface area (Å²) >= 11 is 0. The number of carbonyl (C=O) groups excluding carboxylic acids is 2. The van der Waals surface area contributed by atoms with Crippen LogP contribution in [0.4, 0.5) is 20.7 Å². The molecule has 8 nitrogen and oxygen atoms in total. The summed E-state index contributed by atoms with van der Waals surface area (Å²) in [5.74, 6) is -0.711. The summed E-state index contributed by atoms with van der Waals surface area (Å²) in [5, 5.41) is 7.01. The molecule has 2 unspecified atom stereocenters. The first-order valence-corrected chi connectivity index (χ1v) is 16.4. The van der Waals surface area contributed by atoms with Crippen LogP contribution in [-0.4, -0.2) is 42.1 Å². The van der Waals surface area contributed by atoms with Gasteiger partial charge in [0, 0.05) is 29.5 Å². The Balaban J connectivity index is 1.74. The number of hydrogen-bond donors (Lipinski definition) is 2. The predicted molar refractivity (Wildman–Crippen MR) is 158 cm³/mol. The Hall–Kier alpha value is -3.37. The fraction of sp³-hybridized carbons (Fsp3) is 0.467. The van der Waals surface area contributed by atoms with Crippen LogP contribution in [0.1, 0.15) is 53.5 Å². The third kappa shape index (κ3) is 7.03. The Morgan fingerprint density at radius 1 is 1.07 bits per heavy atom. The van der Waals surface area contributed by atoms with E-state index in [-0.39, 0.29) is 17.4 Å². The topological polar surface area (TPSA) is 102 Å². The van der Waals surface area contributed by atoms with Gasteiger partial charge in [-0.25, -0.2) is 14.2 Å². The van der Waals surface area contributed by atoms with Crippen LogP contribution in [-0.2, 0) is 20.6 Å². The standard InChI is InChI=1S/C30H39FN4O4Si/c1-29(2,3)39-28(37)34-25-12-19(22-15-32-10-9-18(22)17-38-40(7,8)30(4,5)6)11-20-13-26(33-16-23(20)25)35-27(36)21-14-24(21)31/h9-13,15-16,21,24H,14,17H2,1-8H3,(H,34,37)(H,33,35,36). The average Bonchev–Trinajstić information content (AvgIpc) is 3.57. The number of anilines is 2. The molecule has 2 N–H and O–H groups in total. The molecule has 10 heteroatoms. The number of carbonyl (C=O) groups is 2. The van der Waals surface area contributed by atoms with Gasteiger partial charge in [-0.15, -0.1) is 0 Å². The van der Waals surface area contributed by atoms with Gasteiger partial charge >= 0.3 is 6.09 Å². The molecule has 2 atom stereocenters. The van der Waals surface area contributed by atoms with E-state index in [0.717, 1.165) is 22.1 Å². The highest BCUT2D eigenvalue weighted by Crippen LogP contribution is 2.39. The van der Waals surface area contributed by atoms with Crippen molar-refractivity contribution in [3.05, 3.63) is 48.4 Å². The van der Waals surface area contributed by atoms with Gasteiger partial charge < -0.3 is 14.5 Å². The van der Waals surface area contributed by atoms with Gasteiger partial charge in [-0.3, -0.25) is 15.1 Å². The number of benzene rings is 1. The molecule has 2 heterocycles. The highest BCUT2D eigenvalue weighted by Gasteiger charge is 2.43. The van der Waals surface area contributed by atoms with E-state index in [1.807, 2.05) is 18.2 Å². The lowest BCUT2D eigenvalue weighted by molar-refractivity contribution is -0.117. The Morgan fingerprint density at radius 2 is 1.77 bits per heavy atom. The highest BCUT2D eigenvalue weighted by molar-refractivity contribution is 6.74. The smallest absolute Gasteiger partial charge is 0.412 e. The van der Waals surface area contributed by atoms with Crippen LogP contribution in [0.3, 0.4) is 0 Å². The van der Waals surface area contributed by atoms with Crippen LogP contribution in [0, 0.1) is 5.92 Å². The van der Waals surface area contributed by atoms with E-state index in [0.29, 0.717) is 23.5 Å². The van der Waals surface area contributed by atoms with E-state index >= 15 is 0 Å². The zero-order valence-corrected chi connectivity index (χ0v) is 25.5. The van der Waals surface area contributed by atoms with Crippen LogP contribution >= 0.6 is 0 Å². The van der Waals surface area contributed by atoms with Crippen LogP contribution in [0.5, 0.6) is 0 Å². The van der Waals surface area contributed by atoms with Gasteiger partial charge in [0.1, 0.15) is 17.6 Å². The largest absolute Gasteiger partial charge is 0.444 e. The Kier molecular flexibility index (Phi) is 8.06. The van der Waals surface area contributed by atoms with Crippen molar-refractivity contribution in [3.8, 4) is 11.1 Å². The molecule has 1 aromatic carbocycles. The number of alkyl halides is 1. The third-order valence-corrected chi connectivity index (χ3v) is 11.9. The minimum absolute atomic E-state index is 0.0596. The number of amides is 2. The molecule has 1 saturated carbocycles. The maximum Gasteiger partial charge on any atom is 0.412 e. The molecule has 0 spiro atoms. The molecule has 1 aliphatic rings. The highest BCUT2D eigenvalue weighted by atomic mass is 28.4. The molecule has 3 aromatic rings. The quantitative estimate of drug-likeness (QED) is 0.288. The normalized spacial score (nSPS) is 17.4. The minimum Gasteiger partial charge on any atom is -0.444 e. The molecule has 2 amide bonds. The van der Waals surface area contributed by atoms with E-state index < -0.39 is 32.1 Å². The predicted octanol–water partition coefficient (Wildman–Crippen LogP) is 7.46. The lowest BCUT2D eigenvalue weighted by Gasteiger charge is -2.36. The number of nitrogens with zero attached hydrogens (tertiary/aromatic N) is 2. The van der Waals surface area contributed by atoms with E-state index in [9.17, 15) is 14.0 Å². The van der Waals surface area contributed by atoms with Crippen molar-refractivity contribution >= 4 is 42.6 Å². The number of pyridine rings is 2. The Bertz CT molecular complexity index is 1430.